The van der Waals surface area contributed by atoms with E-state index in [-0.39, 0.29) is 25.9 Å². The van der Waals surface area contributed by atoms with Gasteiger partial charge in [0, 0.05) is 24.6 Å². The molecule has 3 unspecified atom stereocenters. The number of fused-ring (bicyclic) bond motifs is 1. The molecule has 4 rings (SSSR count). The van der Waals surface area contributed by atoms with E-state index >= 15 is 0 Å². The summed E-state index contributed by atoms with van der Waals surface area (Å²) in [7, 11) is 3.39. The molecule has 2 aromatic rings. The Balaban J connectivity index is 1.49. The van der Waals surface area contributed by atoms with E-state index in [1.807, 2.05) is 49.5 Å². The van der Waals surface area contributed by atoms with Crippen LogP contribution in [-0.4, -0.2) is 186 Å². The molecule has 2 fully saturated rings. The Kier molecular flexibility index (Phi) is 25.6. The number of β-amino-alcohol motifs (C(OH)–C–C–N with tert-alkyl or cyclic N) is 1. The molecule has 422 valence electrons. The van der Waals surface area contributed by atoms with Gasteiger partial charge >= 0.3 is 6.03 Å². The van der Waals surface area contributed by atoms with Crippen LogP contribution in [0.5, 0.6) is 0 Å². The molecule has 0 saturated carbocycles. The fourth-order valence-corrected chi connectivity index (χ4v) is 10.2. The third-order valence-corrected chi connectivity index (χ3v) is 15.3. The average molecular weight is 1110 g/mol. The van der Waals surface area contributed by atoms with Gasteiger partial charge in [-0.05, 0) is 49.5 Å². The number of hydrogen-bond acceptors (Lipinski definition) is 17. The number of thioether (sulfide) groups is 2. The van der Waals surface area contributed by atoms with Gasteiger partial charge < -0.3 is 74.0 Å². The highest BCUT2D eigenvalue weighted by Crippen LogP contribution is 2.39. The van der Waals surface area contributed by atoms with Gasteiger partial charge in [0.05, 0.1) is 51.4 Å². The molecule has 2 heterocycles. The molecule has 0 aliphatic carbocycles. The van der Waals surface area contributed by atoms with E-state index in [1.165, 1.54) is 0 Å². The van der Waals surface area contributed by atoms with Crippen LogP contribution < -0.4 is 63.8 Å². The number of urea groups is 1. The zero-order valence-corrected chi connectivity index (χ0v) is 45.2. The summed E-state index contributed by atoms with van der Waals surface area (Å²) < 4.78 is -2.53. The van der Waals surface area contributed by atoms with E-state index in [1.54, 1.807) is 40.0 Å². The Morgan fingerprint density at radius 2 is 1.34 bits per heavy atom. The van der Waals surface area contributed by atoms with Crippen molar-refractivity contribution in [2.75, 3.05) is 64.9 Å². The quantitative estimate of drug-likeness (QED) is 0.0501. The van der Waals surface area contributed by atoms with E-state index in [4.69, 9.17) is 0 Å². The largest absolute Gasteiger partial charge is 0.391 e. The Morgan fingerprint density at radius 1 is 0.727 bits per heavy atom. The Bertz CT molecular complexity index is 2410. The lowest BCUT2D eigenvalue weighted by molar-refractivity contribution is -0.134. The van der Waals surface area contributed by atoms with Crippen LogP contribution in [0.1, 0.15) is 50.3 Å². The highest BCUT2D eigenvalue weighted by molar-refractivity contribution is 8.18. The van der Waals surface area contributed by atoms with E-state index in [0.717, 1.165) is 16.7 Å². The summed E-state index contributed by atoms with van der Waals surface area (Å²) in [5, 5.41) is 53.5. The second-order valence-corrected chi connectivity index (χ2v) is 20.9. The molecule has 2 aliphatic heterocycles. The number of aliphatic hydroxyl groups is 2. The lowest BCUT2D eigenvalue weighted by Gasteiger charge is -2.38. The maximum atomic E-state index is 14.3. The molecule has 0 aromatic heterocycles. The summed E-state index contributed by atoms with van der Waals surface area (Å²) in [6.07, 6.45) is -0.457. The number of nitrogens with one attached hydrogen (secondary N) is 12. The number of hydrogen-bond donors (Lipinski definition) is 14. The number of nitrogens with zero attached hydrogens (tertiary/aromatic N) is 1. The third-order valence-electron chi connectivity index (χ3n) is 12.3. The van der Waals surface area contributed by atoms with Crippen molar-refractivity contribution < 1.29 is 63.0 Å². The average Bonchev–Trinajstić information content (AvgIpc) is 3.43. The SMILES string of the molecule is CCC(C)C(NC(=O)CNC(=O)[C@@H]1CS[C@@]2(O)SC[C@H](NC(=O)CNC(=O)[C@H](Cc3ccccc3)NC)C(=O)N(C[C@H](O)CC)C(=O)NCC(=O)NC2C(=O)NCC(=O)N1)C(=O)NCC(=O)NCc1ccc(CNC)cc1. The summed E-state index contributed by atoms with van der Waals surface area (Å²) in [4.78, 5) is 148. The second-order valence-electron chi connectivity index (χ2n) is 18.1. The molecule has 12 amide bonds. The van der Waals surface area contributed by atoms with Crippen LogP contribution in [-0.2, 0) is 67.5 Å². The molecule has 0 radical (unpaired) electrons. The lowest BCUT2D eigenvalue weighted by Crippen LogP contribution is -2.63. The predicted octanol–water partition coefficient (Wildman–Crippen LogP) is -4.25. The molecule has 28 heteroatoms. The molecule has 2 saturated heterocycles. The van der Waals surface area contributed by atoms with Crippen molar-refractivity contribution in [3.05, 3.63) is 71.3 Å². The molecule has 2 aromatic carbocycles. The fraction of sp³-hybridized carbons (Fsp3) is 0.531. The van der Waals surface area contributed by atoms with Gasteiger partial charge in [0.25, 0.3) is 5.91 Å². The number of imide groups is 1. The zero-order chi connectivity index (χ0) is 56.7. The van der Waals surface area contributed by atoms with Gasteiger partial charge in [0.1, 0.15) is 18.1 Å². The first kappa shape index (κ1) is 62.7. The normalized spacial score (nSPS) is 20.9. The van der Waals surface area contributed by atoms with E-state index in [2.05, 4.69) is 63.8 Å². The van der Waals surface area contributed by atoms with Crippen molar-refractivity contribution in [2.24, 2.45) is 5.92 Å². The van der Waals surface area contributed by atoms with Gasteiger partial charge in [0.2, 0.25) is 53.2 Å². The van der Waals surface area contributed by atoms with Crippen LogP contribution in [0.3, 0.4) is 0 Å². The van der Waals surface area contributed by atoms with E-state index in [9.17, 15) is 63.0 Å². The van der Waals surface area contributed by atoms with Gasteiger partial charge in [-0.1, -0.05) is 81.8 Å². The predicted molar refractivity (Wildman–Crippen MR) is 285 cm³/mol. The van der Waals surface area contributed by atoms with Crippen LogP contribution in [0, 0.1) is 5.92 Å². The summed E-state index contributed by atoms with van der Waals surface area (Å²) >= 11 is 0.932. The summed E-state index contributed by atoms with van der Waals surface area (Å²) in [6, 6.07) is 8.41. The van der Waals surface area contributed by atoms with E-state index < -0.39 is 156 Å². The molecule has 77 heavy (non-hydrogen) atoms. The molecular formula is C49H71N13O13S2. The molecule has 0 bridgehead atoms. The molecule has 8 atom stereocenters. The monoisotopic (exact) mass is 1110 g/mol. The number of aliphatic hydroxyl groups excluding tert-OH is 1. The smallest absolute Gasteiger partial charge is 0.324 e. The first-order valence-electron chi connectivity index (χ1n) is 25.0. The molecular weight excluding hydrogens is 1040 g/mol. The van der Waals surface area contributed by atoms with Crippen LogP contribution in [0.25, 0.3) is 0 Å². The first-order chi connectivity index (χ1) is 36.7. The van der Waals surface area contributed by atoms with Crippen LogP contribution >= 0.6 is 23.5 Å². The van der Waals surface area contributed by atoms with Crippen molar-refractivity contribution >= 4 is 88.6 Å². The Hall–Kier alpha value is -6.85. The van der Waals surface area contributed by atoms with Gasteiger partial charge in [0.15, 0.2) is 10.3 Å². The van der Waals surface area contributed by atoms with E-state index in [0.29, 0.717) is 41.4 Å². The number of rotatable bonds is 23. The number of benzene rings is 2. The molecule has 0 spiro atoms. The first-order valence-corrected chi connectivity index (χ1v) is 26.9. The van der Waals surface area contributed by atoms with Gasteiger partial charge in [-0.15, -0.1) is 23.5 Å². The maximum absolute atomic E-state index is 14.3. The van der Waals surface area contributed by atoms with Crippen molar-refractivity contribution in [2.45, 2.75) is 93.7 Å². The Labute approximate surface area is 454 Å². The number of amides is 12. The number of carbonyl (C=O) groups excluding carboxylic acids is 11. The Morgan fingerprint density at radius 3 is 1.99 bits per heavy atom. The zero-order valence-electron chi connectivity index (χ0n) is 43.6. The summed E-state index contributed by atoms with van der Waals surface area (Å²) in [5.41, 5.74) is 2.74. The van der Waals surface area contributed by atoms with Crippen LogP contribution in [0.2, 0.25) is 0 Å². The van der Waals surface area contributed by atoms with Crippen molar-refractivity contribution in [1.82, 2.24) is 68.7 Å². The minimum absolute atomic E-state index is 0.0834. The maximum Gasteiger partial charge on any atom is 0.324 e. The van der Waals surface area contributed by atoms with Crippen molar-refractivity contribution in [3.63, 3.8) is 0 Å². The second kappa shape index (κ2) is 31.4. The third kappa shape index (κ3) is 20.2. The van der Waals surface area contributed by atoms with Crippen molar-refractivity contribution in [1.29, 1.82) is 0 Å². The standard InChI is InChI=1S/C49H71N13O13S2/c1-6-28(3)41(45(71)55-20-36(64)52-19-31-15-13-30(14-16-31)18-50-4)60-39(67)23-54-44(70)34-26-76-49(75)42(46(72)56-22-37(65)58-34)61-40(68)24-57-48(74)62(25-32(63)7-2)47(73)35(27-77-49)59-38(66)21-53-43(69)33(51-5)17-29-11-9-8-10-12-29/h8-16,28,32-35,41-42,50-51,63,75H,6-7,17-27H2,1-5H3,(H,52,64)(H,53,69)(H,54,70)(H,55,71)(H,56,72)(H,57,74)(H,58,65)(H,59,66)(H,60,67)(H,61,68)/t28?,32-,33+,34+,35+,41?,42?,49-/m1/s1. The highest BCUT2D eigenvalue weighted by atomic mass is 32.2. The molecule has 26 nitrogen and oxygen atoms in total. The van der Waals surface area contributed by atoms with Gasteiger partial charge in [-0.25, -0.2) is 4.79 Å². The summed E-state index contributed by atoms with van der Waals surface area (Å²) in [6.45, 7) is 1.99. The topological polar surface area (TPSA) is 376 Å². The minimum atomic E-state index is -2.53. The summed E-state index contributed by atoms with van der Waals surface area (Å²) in [5.74, 6) is -10.1. The van der Waals surface area contributed by atoms with Gasteiger partial charge in [-0.2, -0.15) is 0 Å². The molecule has 2 aliphatic rings. The lowest BCUT2D eigenvalue weighted by atomic mass is 9.98. The molecule has 14 N–H and O–H groups in total. The van der Waals surface area contributed by atoms with Crippen molar-refractivity contribution in [3.8, 4) is 0 Å². The van der Waals surface area contributed by atoms with Gasteiger partial charge in [-0.3, -0.25) is 52.8 Å². The minimum Gasteiger partial charge on any atom is -0.391 e. The number of likely N-dealkylation sites (N-methyl/N-ethyl adjacent to an activating group) is 1. The number of carbonyl (C=O) groups is 11. The van der Waals surface area contributed by atoms with Crippen LogP contribution in [0.4, 0.5) is 4.79 Å². The fourth-order valence-electron chi connectivity index (χ4n) is 7.52. The van der Waals surface area contributed by atoms with Crippen LogP contribution in [0.15, 0.2) is 54.6 Å². The highest BCUT2D eigenvalue weighted by Gasteiger charge is 2.47.